The molecule has 0 spiro atoms. The summed E-state index contributed by atoms with van der Waals surface area (Å²) in [6, 6.07) is 20.7. The van der Waals surface area contributed by atoms with Gasteiger partial charge in [0.05, 0.1) is 43.5 Å². The van der Waals surface area contributed by atoms with E-state index in [0.717, 1.165) is 11.1 Å². The van der Waals surface area contributed by atoms with Gasteiger partial charge in [-0.1, -0.05) is 36.4 Å². The van der Waals surface area contributed by atoms with Crippen LogP contribution in [0.4, 0.5) is 11.4 Å². The highest BCUT2D eigenvalue weighted by atomic mass is 16.6. The summed E-state index contributed by atoms with van der Waals surface area (Å²) in [5.74, 6) is 0.972. The Kier molecular flexibility index (Phi) is 7.96. The number of nitrogens with one attached hydrogen (secondary N) is 2. The molecule has 2 N–H and O–H groups in total. The molecule has 0 aromatic heterocycles. The second-order valence-corrected chi connectivity index (χ2v) is 6.98. The van der Waals surface area contributed by atoms with Crippen LogP contribution in [-0.4, -0.2) is 37.3 Å². The average Bonchev–Trinajstić information content (AvgIpc) is 2.84. The molecule has 0 radical (unpaired) electrons. The van der Waals surface area contributed by atoms with Gasteiger partial charge in [0.1, 0.15) is 0 Å². The summed E-state index contributed by atoms with van der Waals surface area (Å²) in [5.41, 5.74) is 5.70. The lowest BCUT2D eigenvalue weighted by Gasteiger charge is -2.11. The maximum absolute atomic E-state index is 12.6. The zero-order chi connectivity index (χ0) is 23.6. The molecule has 0 aliphatic heterocycles. The Morgan fingerprint density at radius 1 is 0.970 bits per heavy atom. The number of nitro benzene ring substituents is 1. The monoisotopic (exact) mass is 448 g/mol. The van der Waals surface area contributed by atoms with Crippen molar-refractivity contribution in [2.75, 3.05) is 26.2 Å². The number of hydrazone groups is 1. The predicted molar refractivity (Wildman–Crippen MR) is 126 cm³/mol. The highest BCUT2D eigenvalue weighted by molar-refractivity contribution is 6.03. The zero-order valence-corrected chi connectivity index (χ0v) is 18.3. The second-order valence-electron chi connectivity index (χ2n) is 6.98. The number of amides is 1. The van der Waals surface area contributed by atoms with Crippen LogP contribution >= 0.6 is 0 Å². The summed E-state index contributed by atoms with van der Waals surface area (Å²) >= 11 is 0. The first kappa shape index (κ1) is 23.3. The van der Waals surface area contributed by atoms with Crippen molar-refractivity contribution in [2.45, 2.75) is 6.42 Å². The minimum atomic E-state index is -0.462. The van der Waals surface area contributed by atoms with Crippen LogP contribution in [0.15, 0.2) is 77.9 Å². The molecule has 3 aromatic rings. The molecule has 9 heteroatoms. The number of anilines is 1. The topological polar surface area (TPSA) is 115 Å². The molecule has 0 bridgehead atoms. The van der Waals surface area contributed by atoms with E-state index in [4.69, 9.17) is 9.47 Å². The number of hydrogen-bond acceptors (Lipinski definition) is 7. The van der Waals surface area contributed by atoms with Gasteiger partial charge in [-0.05, 0) is 35.4 Å². The second kappa shape index (κ2) is 11.3. The van der Waals surface area contributed by atoms with Crippen LogP contribution < -0.4 is 20.2 Å². The molecular weight excluding hydrogens is 424 g/mol. The summed E-state index contributed by atoms with van der Waals surface area (Å²) in [5, 5.41) is 18.1. The Hall–Kier alpha value is -4.40. The first-order chi connectivity index (χ1) is 16.0. The number of hydrogen-bond donors (Lipinski definition) is 2. The number of non-ortho nitro benzene ring substituents is 1. The molecule has 170 valence electrons. The van der Waals surface area contributed by atoms with Gasteiger partial charge in [0.25, 0.3) is 5.69 Å². The Bertz CT molecular complexity index is 1130. The van der Waals surface area contributed by atoms with Crippen LogP contribution in [0.3, 0.4) is 0 Å². The molecule has 3 rings (SSSR count). The van der Waals surface area contributed by atoms with Gasteiger partial charge < -0.3 is 14.8 Å². The van der Waals surface area contributed by atoms with Gasteiger partial charge in [-0.25, -0.2) is 0 Å². The van der Waals surface area contributed by atoms with Gasteiger partial charge in [-0.15, -0.1) is 0 Å². The van der Waals surface area contributed by atoms with Crippen molar-refractivity contribution in [1.29, 1.82) is 0 Å². The molecule has 3 aromatic carbocycles. The molecule has 1 amide bonds. The SMILES string of the molecule is COc1ccc(CC(=O)NCC(=NNc2ccc([N+](=O)[O-])cc2)c2ccccc2)cc1OC. The number of carbonyl (C=O) groups excluding carboxylic acids is 1. The van der Waals surface area contributed by atoms with E-state index in [2.05, 4.69) is 15.8 Å². The van der Waals surface area contributed by atoms with Crippen molar-refractivity contribution in [1.82, 2.24) is 5.32 Å². The standard InChI is InChI=1S/C24H24N4O5/c1-32-22-13-8-17(14-23(22)33-2)15-24(29)25-16-21(18-6-4-3-5-7-18)27-26-19-9-11-20(12-10-19)28(30)31/h3-14,26H,15-16H2,1-2H3,(H,25,29). The Morgan fingerprint density at radius 3 is 2.30 bits per heavy atom. The van der Waals surface area contributed by atoms with Gasteiger partial charge in [-0.2, -0.15) is 5.10 Å². The van der Waals surface area contributed by atoms with Crippen LogP contribution in [0.1, 0.15) is 11.1 Å². The molecule has 0 saturated heterocycles. The van der Waals surface area contributed by atoms with Crippen molar-refractivity contribution < 1.29 is 19.2 Å². The van der Waals surface area contributed by atoms with Gasteiger partial charge in [-0.3, -0.25) is 20.3 Å². The van der Waals surface area contributed by atoms with Gasteiger partial charge in [0, 0.05) is 12.1 Å². The van der Waals surface area contributed by atoms with Crippen LogP contribution in [0.25, 0.3) is 0 Å². The van der Waals surface area contributed by atoms with E-state index in [1.165, 1.54) is 12.1 Å². The Labute approximate surface area is 191 Å². The van der Waals surface area contributed by atoms with Gasteiger partial charge in [0.15, 0.2) is 11.5 Å². The number of rotatable bonds is 10. The lowest BCUT2D eigenvalue weighted by atomic mass is 10.1. The Balaban J connectivity index is 1.68. The van der Waals surface area contributed by atoms with Crippen molar-refractivity contribution in [3.8, 4) is 11.5 Å². The average molecular weight is 448 g/mol. The number of ether oxygens (including phenoxy) is 2. The fourth-order valence-corrected chi connectivity index (χ4v) is 3.05. The molecule has 9 nitrogen and oxygen atoms in total. The number of methoxy groups -OCH3 is 2. The van der Waals surface area contributed by atoms with E-state index in [0.29, 0.717) is 22.9 Å². The summed E-state index contributed by atoms with van der Waals surface area (Å²) in [7, 11) is 3.10. The third-order valence-electron chi connectivity index (χ3n) is 4.77. The van der Waals surface area contributed by atoms with Crippen LogP contribution in [0, 0.1) is 10.1 Å². The van der Waals surface area contributed by atoms with Crippen LogP contribution in [-0.2, 0) is 11.2 Å². The van der Waals surface area contributed by atoms with E-state index >= 15 is 0 Å². The number of benzene rings is 3. The molecule has 33 heavy (non-hydrogen) atoms. The maximum atomic E-state index is 12.6. The van der Waals surface area contributed by atoms with Crippen molar-refractivity contribution in [2.24, 2.45) is 5.10 Å². The lowest BCUT2D eigenvalue weighted by molar-refractivity contribution is -0.384. The van der Waals surface area contributed by atoms with Crippen LogP contribution in [0.2, 0.25) is 0 Å². The highest BCUT2D eigenvalue weighted by Gasteiger charge is 2.11. The minimum absolute atomic E-state index is 0.00441. The predicted octanol–water partition coefficient (Wildman–Crippen LogP) is 3.79. The van der Waals surface area contributed by atoms with E-state index in [1.807, 2.05) is 36.4 Å². The summed E-state index contributed by atoms with van der Waals surface area (Å²) in [6.45, 7) is 0.191. The summed E-state index contributed by atoms with van der Waals surface area (Å²) in [6.07, 6.45) is 0.165. The fraction of sp³-hybridized carbons (Fsp3) is 0.167. The maximum Gasteiger partial charge on any atom is 0.269 e. The van der Waals surface area contributed by atoms with Crippen molar-refractivity contribution in [3.05, 3.63) is 94.0 Å². The molecule has 0 aliphatic carbocycles. The lowest BCUT2D eigenvalue weighted by Crippen LogP contribution is -2.31. The third-order valence-corrected chi connectivity index (χ3v) is 4.77. The number of carbonyl (C=O) groups is 1. The zero-order valence-electron chi connectivity index (χ0n) is 18.3. The molecule has 0 atom stereocenters. The first-order valence-corrected chi connectivity index (χ1v) is 10.1. The molecule has 0 fully saturated rings. The summed E-state index contributed by atoms with van der Waals surface area (Å²) in [4.78, 5) is 22.9. The largest absolute Gasteiger partial charge is 0.493 e. The molecule has 0 heterocycles. The van der Waals surface area contributed by atoms with Gasteiger partial charge >= 0.3 is 0 Å². The highest BCUT2D eigenvalue weighted by Crippen LogP contribution is 2.27. The number of nitro groups is 1. The molecular formula is C24H24N4O5. The van der Waals surface area contributed by atoms with E-state index in [-0.39, 0.29) is 24.6 Å². The third kappa shape index (κ3) is 6.54. The minimum Gasteiger partial charge on any atom is -0.493 e. The molecule has 0 saturated carbocycles. The van der Waals surface area contributed by atoms with Gasteiger partial charge in [0.2, 0.25) is 5.91 Å². The normalized spacial score (nSPS) is 10.9. The molecule has 0 aliphatic rings. The van der Waals surface area contributed by atoms with Crippen molar-refractivity contribution in [3.63, 3.8) is 0 Å². The quantitative estimate of drug-likeness (QED) is 0.277. The fourth-order valence-electron chi connectivity index (χ4n) is 3.05. The molecule has 0 unspecified atom stereocenters. The van der Waals surface area contributed by atoms with Crippen LogP contribution in [0.5, 0.6) is 11.5 Å². The van der Waals surface area contributed by atoms with E-state index < -0.39 is 4.92 Å². The first-order valence-electron chi connectivity index (χ1n) is 10.1. The van der Waals surface area contributed by atoms with Crippen molar-refractivity contribution >= 4 is 23.0 Å². The smallest absolute Gasteiger partial charge is 0.269 e. The summed E-state index contributed by atoms with van der Waals surface area (Å²) < 4.78 is 10.5. The Morgan fingerprint density at radius 2 is 1.67 bits per heavy atom. The number of nitrogens with zero attached hydrogens (tertiary/aromatic N) is 2. The van der Waals surface area contributed by atoms with E-state index in [9.17, 15) is 14.9 Å². The van der Waals surface area contributed by atoms with E-state index in [1.54, 1.807) is 38.5 Å².